The Kier molecular flexibility index (Phi) is 3.90. The van der Waals surface area contributed by atoms with Crippen LogP contribution in [0, 0.1) is 34.6 Å². The molecule has 4 rings (SSSR count). The topological polar surface area (TPSA) is 62.1 Å². The Balaban J connectivity index is 1.77. The molecule has 1 aromatic carbocycles. The van der Waals surface area contributed by atoms with Gasteiger partial charge in [-0.15, -0.1) is 0 Å². The summed E-state index contributed by atoms with van der Waals surface area (Å²) in [6.45, 7) is 10.9. The molecule has 2 aromatic heterocycles. The Morgan fingerprint density at radius 3 is 2.69 bits per heavy atom. The maximum absolute atomic E-state index is 13.4. The van der Waals surface area contributed by atoms with Crippen molar-refractivity contribution >= 4 is 16.8 Å². The molecule has 0 aliphatic carbocycles. The number of aromatic amines is 1. The summed E-state index contributed by atoms with van der Waals surface area (Å²) in [5.41, 5.74) is 7.12. The van der Waals surface area contributed by atoms with Gasteiger partial charge in [-0.05, 0) is 64.7 Å². The Labute approximate surface area is 153 Å². The van der Waals surface area contributed by atoms with E-state index in [1.807, 2.05) is 25.7 Å². The first-order chi connectivity index (χ1) is 12.4. The van der Waals surface area contributed by atoms with E-state index in [0.29, 0.717) is 5.69 Å². The molecule has 1 fully saturated rings. The molecule has 1 aliphatic heterocycles. The smallest absolute Gasteiger partial charge is 0.271 e. The minimum Gasteiger partial charge on any atom is -0.361 e. The van der Waals surface area contributed by atoms with Crippen LogP contribution < -0.4 is 0 Å². The van der Waals surface area contributed by atoms with E-state index in [-0.39, 0.29) is 11.9 Å². The summed E-state index contributed by atoms with van der Waals surface area (Å²) in [5, 5.41) is 5.22. The Morgan fingerprint density at radius 1 is 1.23 bits per heavy atom. The normalized spacial score (nSPS) is 17.4. The fourth-order valence-electron chi connectivity index (χ4n) is 4.42. The van der Waals surface area contributed by atoms with Crippen LogP contribution in [0.4, 0.5) is 0 Å². The van der Waals surface area contributed by atoms with E-state index in [0.717, 1.165) is 52.9 Å². The third-order valence-electron chi connectivity index (χ3n) is 5.66. The van der Waals surface area contributed by atoms with Gasteiger partial charge in [-0.25, -0.2) is 0 Å². The van der Waals surface area contributed by atoms with Gasteiger partial charge in [-0.2, -0.15) is 0 Å². The summed E-state index contributed by atoms with van der Waals surface area (Å²) in [7, 11) is 0. The quantitative estimate of drug-likeness (QED) is 0.729. The second-order valence-corrected chi connectivity index (χ2v) is 7.52. The Morgan fingerprint density at radius 2 is 2.00 bits per heavy atom. The number of amides is 1. The lowest BCUT2D eigenvalue weighted by Crippen LogP contribution is -2.31. The van der Waals surface area contributed by atoms with Crippen LogP contribution in [0.5, 0.6) is 0 Å². The minimum atomic E-state index is 0.0439. The molecular formula is C21H25N3O2. The first kappa shape index (κ1) is 16.9. The monoisotopic (exact) mass is 351 g/mol. The predicted octanol–water partition coefficient (Wildman–Crippen LogP) is 4.68. The summed E-state index contributed by atoms with van der Waals surface area (Å²) < 4.78 is 5.35. The van der Waals surface area contributed by atoms with Crippen molar-refractivity contribution in [3.63, 3.8) is 0 Å². The number of rotatable bonds is 2. The fourth-order valence-corrected chi connectivity index (χ4v) is 4.42. The standard InChI is InChI=1S/C21H25N3O2/c1-11-9-12(2)19-16(10-11)13(3)20(22-19)21(25)24-8-6-7-17(24)18-14(4)23-26-15(18)5/h9-10,17,22H,6-8H2,1-5H3/t17-/m0/s1. The summed E-state index contributed by atoms with van der Waals surface area (Å²) in [6.07, 6.45) is 1.95. The number of carbonyl (C=O) groups excluding carboxylic acids is 1. The van der Waals surface area contributed by atoms with Gasteiger partial charge in [-0.3, -0.25) is 4.79 Å². The number of hydrogen-bond acceptors (Lipinski definition) is 3. The number of aryl methyl sites for hydroxylation is 5. The zero-order chi connectivity index (χ0) is 18.6. The van der Waals surface area contributed by atoms with Gasteiger partial charge >= 0.3 is 0 Å². The fraction of sp³-hybridized carbons (Fsp3) is 0.429. The van der Waals surface area contributed by atoms with E-state index in [9.17, 15) is 4.79 Å². The van der Waals surface area contributed by atoms with Gasteiger partial charge in [0.05, 0.1) is 11.7 Å². The molecule has 26 heavy (non-hydrogen) atoms. The van der Waals surface area contributed by atoms with Crippen LogP contribution >= 0.6 is 0 Å². The van der Waals surface area contributed by atoms with Crippen molar-refractivity contribution in [1.29, 1.82) is 0 Å². The highest BCUT2D eigenvalue weighted by molar-refractivity contribution is 6.02. The van der Waals surface area contributed by atoms with Gasteiger partial charge in [0.25, 0.3) is 5.91 Å². The molecule has 0 bridgehead atoms. The number of hydrogen-bond donors (Lipinski definition) is 1. The molecule has 0 saturated carbocycles. The molecular weight excluding hydrogens is 326 g/mol. The summed E-state index contributed by atoms with van der Waals surface area (Å²) >= 11 is 0. The largest absolute Gasteiger partial charge is 0.361 e. The maximum atomic E-state index is 13.4. The average Bonchev–Trinajstić information content (AvgIpc) is 3.26. The third kappa shape index (κ3) is 2.45. The molecule has 1 saturated heterocycles. The molecule has 1 N–H and O–H groups in total. The number of aromatic nitrogens is 2. The molecule has 5 nitrogen and oxygen atoms in total. The number of likely N-dealkylation sites (tertiary alicyclic amines) is 1. The van der Waals surface area contributed by atoms with Crippen molar-refractivity contribution in [2.75, 3.05) is 6.54 Å². The van der Waals surface area contributed by atoms with E-state index in [4.69, 9.17) is 4.52 Å². The molecule has 3 aromatic rings. The highest BCUT2D eigenvalue weighted by Gasteiger charge is 2.35. The SMILES string of the molecule is Cc1cc(C)c2[nH]c(C(=O)N3CCC[C@H]3c3c(C)noc3C)c(C)c2c1. The Bertz CT molecular complexity index is 993. The maximum Gasteiger partial charge on any atom is 0.271 e. The van der Waals surface area contributed by atoms with Gasteiger partial charge in [0, 0.05) is 23.0 Å². The first-order valence-electron chi connectivity index (χ1n) is 9.21. The van der Waals surface area contributed by atoms with Gasteiger partial charge in [0.15, 0.2) is 0 Å². The molecule has 5 heteroatoms. The number of nitrogens with one attached hydrogen (secondary N) is 1. The number of nitrogens with zero attached hydrogens (tertiary/aromatic N) is 2. The van der Waals surface area contributed by atoms with E-state index in [1.54, 1.807) is 0 Å². The predicted molar refractivity (Wildman–Crippen MR) is 101 cm³/mol. The lowest BCUT2D eigenvalue weighted by Gasteiger charge is -2.24. The third-order valence-corrected chi connectivity index (χ3v) is 5.66. The van der Waals surface area contributed by atoms with Crippen molar-refractivity contribution in [1.82, 2.24) is 15.0 Å². The molecule has 0 radical (unpaired) electrons. The van der Waals surface area contributed by atoms with Crippen molar-refractivity contribution in [2.24, 2.45) is 0 Å². The van der Waals surface area contributed by atoms with E-state index >= 15 is 0 Å². The molecule has 3 heterocycles. The molecule has 0 spiro atoms. The number of carbonyl (C=O) groups is 1. The minimum absolute atomic E-state index is 0.0439. The summed E-state index contributed by atoms with van der Waals surface area (Å²) in [5.74, 6) is 0.880. The second-order valence-electron chi connectivity index (χ2n) is 7.52. The van der Waals surface area contributed by atoms with E-state index in [2.05, 4.69) is 36.1 Å². The van der Waals surface area contributed by atoms with Crippen LogP contribution in [0.3, 0.4) is 0 Å². The van der Waals surface area contributed by atoms with Crippen LogP contribution in [0.2, 0.25) is 0 Å². The van der Waals surface area contributed by atoms with Crippen molar-refractivity contribution in [3.05, 3.63) is 51.5 Å². The van der Waals surface area contributed by atoms with Crippen LogP contribution in [0.1, 0.15) is 63.1 Å². The molecule has 1 amide bonds. The van der Waals surface area contributed by atoms with Gasteiger partial charge < -0.3 is 14.4 Å². The van der Waals surface area contributed by atoms with Crippen molar-refractivity contribution < 1.29 is 9.32 Å². The van der Waals surface area contributed by atoms with Crippen molar-refractivity contribution in [3.8, 4) is 0 Å². The van der Waals surface area contributed by atoms with Crippen LogP contribution in [0.15, 0.2) is 16.7 Å². The molecule has 1 atom stereocenters. The summed E-state index contributed by atoms with van der Waals surface area (Å²) in [6, 6.07) is 4.35. The lowest BCUT2D eigenvalue weighted by molar-refractivity contribution is 0.0729. The molecule has 1 aliphatic rings. The highest BCUT2D eigenvalue weighted by atomic mass is 16.5. The van der Waals surface area contributed by atoms with E-state index < -0.39 is 0 Å². The van der Waals surface area contributed by atoms with E-state index in [1.165, 1.54) is 11.1 Å². The van der Waals surface area contributed by atoms with Crippen LogP contribution in [-0.2, 0) is 0 Å². The zero-order valence-electron chi connectivity index (χ0n) is 16.1. The highest BCUT2D eigenvalue weighted by Crippen LogP contribution is 2.37. The Hall–Kier alpha value is -2.56. The summed E-state index contributed by atoms with van der Waals surface area (Å²) in [4.78, 5) is 18.8. The second kappa shape index (κ2) is 6.01. The van der Waals surface area contributed by atoms with Gasteiger partial charge in [0.1, 0.15) is 11.5 Å². The number of fused-ring (bicyclic) bond motifs is 1. The van der Waals surface area contributed by atoms with Gasteiger partial charge in [-0.1, -0.05) is 16.8 Å². The van der Waals surface area contributed by atoms with Gasteiger partial charge in [0.2, 0.25) is 0 Å². The first-order valence-corrected chi connectivity index (χ1v) is 9.21. The number of benzene rings is 1. The van der Waals surface area contributed by atoms with Crippen LogP contribution in [-0.4, -0.2) is 27.5 Å². The zero-order valence-corrected chi connectivity index (χ0v) is 16.1. The number of H-pyrrole nitrogens is 1. The average molecular weight is 351 g/mol. The molecule has 0 unspecified atom stereocenters. The van der Waals surface area contributed by atoms with Crippen molar-refractivity contribution in [2.45, 2.75) is 53.5 Å². The lowest BCUT2D eigenvalue weighted by atomic mass is 10.0. The molecule has 136 valence electrons. The van der Waals surface area contributed by atoms with Crippen LogP contribution in [0.25, 0.3) is 10.9 Å².